The zero-order chi connectivity index (χ0) is 17.3. The molecule has 0 aromatic carbocycles. The van der Waals surface area contributed by atoms with Crippen LogP contribution in [-0.2, 0) is 6.54 Å². The molecule has 0 saturated heterocycles. The van der Waals surface area contributed by atoms with Crippen molar-refractivity contribution < 1.29 is 4.79 Å². The summed E-state index contributed by atoms with van der Waals surface area (Å²) in [6.45, 7) is 8.89. The van der Waals surface area contributed by atoms with Crippen molar-refractivity contribution in [3.63, 3.8) is 0 Å². The average Bonchev–Trinajstić information content (AvgIpc) is 3.17. The van der Waals surface area contributed by atoms with Gasteiger partial charge in [-0.3, -0.25) is 9.48 Å². The van der Waals surface area contributed by atoms with Crippen LogP contribution in [0.1, 0.15) is 43.4 Å². The summed E-state index contributed by atoms with van der Waals surface area (Å²) in [6, 6.07) is 3.71. The van der Waals surface area contributed by atoms with E-state index in [4.69, 9.17) is 0 Å². The van der Waals surface area contributed by atoms with E-state index in [1.165, 1.54) is 0 Å². The Morgan fingerprint density at radius 2 is 2.17 bits per heavy atom. The van der Waals surface area contributed by atoms with Crippen LogP contribution in [0.4, 0.5) is 0 Å². The van der Waals surface area contributed by atoms with Crippen LogP contribution < -0.4 is 5.32 Å². The molecule has 7 heteroatoms. The van der Waals surface area contributed by atoms with Gasteiger partial charge in [0.15, 0.2) is 11.3 Å². The lowest BCUT2D eigenvalue weighted by Crippen LogP contribution is -2.32. The predicted octanol–water partition coefficient (Wildman–Crippen LogP) is 2.45. The molecular formula is C17H22N6O. The summed E-state index contributed by atoms with van der Waals surface area (Å²) in [5.41, 5.74) is 3.94. The molecule has 0 aliphatic rings. The van der Waals surface area contributed by atoms with E-state index in [1.54, 1.807) is 16.8 Å². The lowest BCUT2D eigenvalue weighted by molar-refractivity contribution is 0.0934. The molecule has 0 spiro atoms. The third kappa shape index (κ3) is 2.77. The van der Waals surface area contributed by atoms with Crippen molar-refractivity contribution in [1.82, 2.24) is 29.7 Å². The number of fused-ring (bicyclic) bond motifs is 1. The number of aryl methyl sites for hydroxylation is 1. The van der Waals surface area contributed by atoms with Crippen LogP contribution in [0.25, 0.3) is 16.9 Å². The van der Waals surface area contributed by atoms with Crippen molar-refractivity contribution in [1.29, 1.82) is 0 Å². The minimum Gasteiger partial charge on any atom is -0.348 e. The van der Waals surface area contributed by atoms with Gasteiger partial charge in [-0.1, -0.05) is 6.92 Å². The first-order chi connectivity index (χ1) is 11.5. The van der Waals surface area contributed by atoms with Crippen LogP contribution in [0, 0.1) is 6.92 Å². The smallest absolute Gasteiger partial charge is 0.272 e. The van der Waals surface area contributed by atoms with Gasteiger partial charge in [0.1, 0.15) is 0 Å². The molecule has 1 atom stereocenters. The minimum absolute atomic E-state index is 0.111. The normalized spacial score (nSPS) is 12.5. The third-order valence-electron chi connectivity index (χ3n) is 4.26. The number of aromatic nitrogens is 5. The maximum atomic E-state index is 12.3. The van der Waals surface area contributed by atoms with Crippen molar-refractivity contribution in [2.75, 3.05) is 0 Å². The Morgan fingerprint density at radius 3 is 2.83 bits per heavy atom. The quantitative estimate of drug-likeness (QED) is 0.781. The van der Waals surface area contributed by atoms with E-state index in [0.717, 1.165) is 29.9 Å². The van der Waals surface area contributed by atoms with E-state index in [9.17, 15) is 4.79 Å². The van der Waals surface area contributed by atoms with Crippen LogP contribution in [0.15, 0.2) is 24.5 Å². The highest BCUT2D eigenvalue weighted by atomic mass is 16.2. The summed E-state index contributed by atoms with van der Waals surface area (Å²) in [7, 11) is 0. The summed E-state index contributed by atoms with van der Waals surface area (Å²) < 4.78 is 3.64. The van der Waals surface area contributed by atoms with Gasteiger partial charge in [0.05, 0.1) is 11.9 Å². The second-order valence-electron chi connectivity index (χ2n) is 5.87. The monoisotopic (exact) mass is 326 g/mol. The van der Waals surface area contributed by atoms with Crippen LogP contribution in [0.3, 0.4) is 0 Å². The fraction of sp³-hybridized carbons (Fsp3) is 0.412. The maximum Gasteiger partial charge on any atom is 0.272 e. The summed E-state index contributed by atoms with van der Waals surface area (Å²) in [6.07, 6.45) is 4.43. The van der Waals surface area contributed by atoms with Gasteiger partial charge >= 0.3 is 0 Å². The molecule has 1 N–H and O–H groups in total. The molecule has 1 amide bonds. The predicted molar refractivity (Wildman–Crippen MR) is 91.8 cm³/mol. The summed E-state index contributed by atoms with van der Waals surface area (Å²) >= 11 is 0. The first-order valence-corrected chi connectivity index (χ1v) is 8.23. The van der Waals surface area contributed by atoms with E-state index in [2.05, 4.69) is 27.4 Å². The number of hydrogen-bond donors (Lipinski definition) is 1. The standard InChI is InChI=1S/C17H22N6O/c1-5-11(3)20-17(24)14-9-16-18-8-7-15(23(16)21-14)13-10-19-22(6-2)12(13)4/h7-11H,5-6H2,1-4H3,(H,20,24). The van der Waals surface area contributed by atoms with Crippen LogP contribution in [0.5, 0.6) is 0 Å². The molecule has 126 valence electrons. The molecule has 0 aliphatic carbocycles. The van der Waals surface area contributed by atoms with Crippen molar-refractivity contribution in [2.45, 2.75) is 46.7 Å². The highest BCUT2D eigenvalue weighted by Crippen LogP contribution is 2.23. The molecule has 7 nitrogen and oxygen atoms in total. The number of amides is 1. The van der Waals surface area contributed by atoms with Gasteiger partial charge in [-0.25, -0.2) is 9.50 Å². The van der Waals surface area contributed by atoms with Gasteiger partial charge in [0, 0.05) is 36.1 Å². The van der Waals surface area contributed by atoms with Crippen LogP contribution in [0.2, 0.25) is 0 Å². The fourth-order valence-corrected chi connectivity index (χ4v) is 2.63. The largest absolute Gasteiger partial charge is 0.348 e. The Morgan fingerprint density at radius 1 is 1.38 bits per heavy atom. The van der Waals surface area contributed by atoms with Crippen molar-refractivity contribution in [3.8, 4) is 11.3 Å². The molecule has 24 heavy (non-hydrogen) atoms. The van der Waals surface area contributed by atoms with Gasteiger partial charge in [-0.05, 0) is 33.3 Å². The highest BCUT2D eigenvalue weighted by Gasteiger charge is 2.17. The number of carbonyl (C=O) groups is 1. The second-order valence-corrected chi connectivity index (χ2v) is 5.87. The highest BCUT2D eigenvalue weighted by molar-refractivity contribution is 5.93. The Hall–Kier alpha value is -2.70. The molecule has 0 fully saturated rings. The Labute approximate surface area is 140 Å². The maximum absolute atomic E-state index is 12.3. The van der Waals surface area contributed by atoms with Gasteiger partial charge in [-0.15, -0.1) is 0 Å². The number of nitrogens with one attached hydrogen (secondary N) is 1. The lowest BCUT2D eigenvalue weighted by atomic mass is 10.2. The Bertz CT molecular complexity index is 878. The van der Waals surface area contributed by atoms with Gasteiger partial charge < -0.3 is 5.32 Å². The summed E-state index contributed by atoms with van der Waals surface area (Å²) in [4.78, 5) is 16.6. The number of rotatable bonds is 5. The Kier molecular flexibility index (Phi) is 4.33. The molecule has 3 aromatic heterocycles. The molecule has 0 aliphatic heterocycles. The SMILES string of the molecule is CCC(C)NC(=O)c1cc2nccc(-c3cnn(CC)c3C)n2n1. The molecule has 3 aromatic rings. The zero-order valence-corrected chi connectivity index (χ0v) is 14.4. The second kappa shape index (κ2) is 6.43. The van der Waals surface area contributed by atoms with Crippen LogP contribution in [-0.4, -0.2) is 36.3 Å². The molecule has 0 radical (unpaired) electrons. The molecule has 3 heterocycles. The van der Waals surface area contributed by atoms with Gasteiger partial charge in [-0.2, -0.15) is 10.2 Å². The number of carbonyl (C=O) groups excluding carboxylic acids is 1. The van der Waals surface area contributed by atoms with E-state index < -0.39 is 0 Å². The van der Waals surface area contributed by atoms with E-state index >= 15 is 0 Å². The lowest BCUT2D eigenvalue weighted by Gasteiger charge is -2.09. The third-order valence-corrected chi connectivity index (χ3v) is 4.26. The molecule has 1 unspecified atom stereocenters. The van der Waals surface area contributed by atoms with E-state index in [1.807, 2.05) is 37.7 Å². The minimum atomic E-state index is -0.179. The van der Waals surface area contributed by atoms with Gasteiger partial charge in [0.25, 0.3) is 5.91 Å². The number of hydrogen-bond acceptors (Lipinski definition) is 4. The van der Waals surface area contributed by atoms with Gasteiger partial charge in [0.2, 0.25) is 0 Å². The summed E-state index contributed by atoms with van der Waals surface area (Å²) in [5, 5.41) is 11.8. The van der Waals surface area contributed by atoms with Crippen molar-refractivity contribution in [3.05, 3.63) is 35.9 Å². The summed E-state index contributed by atoms with van der Waals surface area (Å²) in [5.74, 6) is -0.179. The topological polar surface area (TPSA) is 77.1 Å². The Balaban J connectivity index is 2.04. The van der Waals surface area contributed by atoms with E-state index in [0.29, 0.717) is 11.3 Å². The van der Waals surface area contributed by atoms with Crippen molar-refractivity contribution in [2.24, 2.45) is 0 Å². The first-order valence-electron chi connectivity index (χ1n) is 8.23. The zero-order valence-electron chi connectivity index (χ0n) is 14.4. The van der Waals surface area contributed by atoms with E-state index in [-0.39, 0.29) is 11.9 Å². The molecule has 3 rings (SSSR count). The fourth-order valence-electron chi connectivity index (χ4n) is 2.63. The molecule has 0 bridgehead atoms. The molecular weight excluding hydrogens is 304 g/mol. The average molecular weight is 326 g/mol. The van der Waals surface area contributed by atoms with Crippen molar-refractivity contribution >= 4 is 11.6 Å². The first kappa shape index (κ1) is 16.2. The number of nitrogens with zero attached hydrogens (tertiary/aromatic N) is 5. The van der Waals surface area contributed by atoms with Crippen LogP contribution >= 0.6 is 0 Å². The molecule has 0 saturated carbocycles.